The summed E-state index contributed by atoms with van der Waals surface area (Å²) in [5.41, 5.74) is 0. The van der Waals surface area contributed by atoms with E-state index in [0.717, 1.165) is 0 Å². The van der Waals surface area contributed by atoms with E-state index in [1.54, 1.807) is 4.90 Å². The number of ether oxygens (including phenoxy) is 2. The molecule has 1 heterocycles. The van der Waals surface area contributed by atoms with Crippen molar-refractivity contribution in [1.29, 1.82) is 0 Å². The zero-order valence-electron chi connectivity index (χ0n) is 10.2. The third kappa shape index (κ3) is 2.35. The molecule has 0 fully saturated rings. The van der Waals surface area contributed by atoms with Gasteiger partial charge in [0.2, 0.25) is 6.10 Å². The Balaban J connectivity index is 2.09. The van der Waals surface area contributed by atoms with Crippen LogP contribution in [-0.4, -0.2) is 36.6 Å². The van der Waals surface area contributed by atoms with Crippen molar-refractivity contribution in [2.75, 3.05) is 19.7 Å². The van der Waals surface area contributed by atoms with Gasteiger partial charge in [0.1, 0.15) is 6.61 Å². The van der Waals surface area contributed by atoms with Crippen LogP contribution in [0.15, 0.2) is 24.3 Å². The highest BCUT2D eigenvalue weighted by atomic mass is 16.6. The van der Waals surface area contributed by atoms with Crippen LogP contribution >= 0.6 is 0 Å². The Morgan fingerprint density at radius 1 is 1.29 bits per heavy atom. The molecule has 0 bridgehead atoms. The average Bonchev–Trinajstić information content (AvgIpc) is 2.39. The van der Waals surface area contributed by atoms with Gasteiger partial charge in [-0.05, 0) is 26.0 Å². The van der Waals surface area contributed by atoms with E-state index in [0.29, 0.717) is 24.6 Å². The van der Waals surface area contributed by atoms with Crippen molar-refractivity contribution in [3.8, 4) is 11.5 Å². The smallest absolute Gasteiger partial charge is 0.267 e. The van der Waals surface area contributed by atoms with E-state index in [4.69, 9.17) is 9.47 Å². The second-order valence-corrected chi connectivity index (χ2v) is 3.87. The molecule has 2 rings (SSSR count). The standard InChI is InChI=1S/C13H17NO3/c1-3-14(4-2)13(15)12-9-16-10-7-5-6-8-11(10)17-12/h5-8,12H,3-4,9H2,1-2H3. The maximum absolute atomic E-state index is 12.1. The molecular weight excluding hydrogens is 218 g/mol. The van der Waals surface area contributed by atoms with E-state index in [1.165, 1.54) is 0 Å². The van der Waals surface area contributed by atoms with Crippen molar-refractivity contribution < 1.29 is 14.3 Å². The van der Waals surface area contributed by atoms with Crippen molar-refractivity contribution in [3.05, 3.63) is 24.3 Å². The van der Waals surface area contributed by atoms with Gasteiger partial charge in [0, 0.05) is 13.1 Å². The summed E-state index contributed by atoms with van der Waals surface area (Å²) in [7, 11) is 0. The topological polar surface area (TPSA) is 38.8 Å². The number of rotatable bonds is 3. The van der Waals surface area contributed by atoms with E-state index < -0.39 is 6.10 Å². The van der Waals surface area contributed by atoms with E-state index in [9.17, 15) is 4.79 Å². The Kier molecular flexibility index (Phi) is 3.52. The van der Waals surface area contributed by atoms with Crippen LogP contribution in [0.5, 0.6) is 11.5 Å². The molecule has 0 aromatic heterocycles. The predicted molar refractivity (Wildman–Crippen MR) is 64.3 cm³/mol. The van der Waals surface area contributed by atoms with Crippen LogP contribution in [0, 0.1) is 0 Å². The number of hydrogen-bond acceptors (Lipinski definition) is 3. The Bertz CT molecular complexity index is 401. The van der Waals surface area contributed by atoms with Crippen LogP contribution in [-0.2, 0) is 4.79 Å². The zero-order chi connectivity index (χ0) is 12.3. The summed E-state index contributed by atoms with van der Waals surface area (Å²) in [5, 5.41) is 0. The van der Waals surface area contributed by atoms with Gasteiger partial charge in [0.05, 0.1) is 0 Å². The molecule has 0 spiro atoms. The SMILES string of the molecule is CCN(CC)C(=O)C1COc2ccccc2O1. The normalized spacial score (nSPS) is 17.6. The number of likely N-dealkylation sites (N-methyl/N-ethyl adjacent to an activating group) is 1. The lowest BCUT2D eigenvalue weighted by molar-refractivity contribution is -0.140. The summed E-state index contributed by atoms with van der Waals surface area (Å²) in [6.45, 7) is 5.58. The van der Waals surface area contributed by atoms with Gasteiger partial charge in [-0.25, -0.2) is 0 Å². The number of fused-ring (bicyclic) bond motifs is 1. The molecule has 0 saturated carbocycles. The van der Waals surface area contributed by atoms with Crippen LogP contribution in [0.4, 0.5) is 0 Å². The molecule has 0 aliphatic carbocycles. The first-order chi connectivity index (χ1) is 8.26. The summed E-state index contributed by atoms with van der Waals surface area (Å²) >= 11 is 0. The van der Waals surface area contributed by atoms with Gasteiger partial charge in [0.15, 0.2) is 11.5 Å². The molecule has 1 amide bonds. The lowest BCUT2D eigenvalue weighted by Crippen LogP contribution is -2.46. The molecule has 1 unspecified atom stereocenters. The fourth-order valence-electron chi connectivity index (χ4n) is 1.88. The highest BCUT2D eigenvalue weighted by Gasteiger charge is 2.29. The minimum Gasteiger partial charge on any atom is -0.485 e. The van der Waals surface area contributed by atoms with Crippen molar-refractivity contribution in [2.45, 2.75) is 20.0 Å². The zero-order valence-corrected chi connectivity index (χ0v) is 10.2. The first-order valence-corrected chi connectivity index (χ1v) is 5.93. The number of hydrogen-bond donors (Lipinski definition) is 0. The Morgan fingerprint density at radius 2 is 1.94 bits per heavy atom. The van der Waals surface area contributed by atoms with E-state index in [1.807, 2.05) is 38.1 Å². The van der Waals surface area contributed by atoms with Gasteiger partial charge in [-0.2, -0.15) is 0 Å². The Hall–Kier alpha value is -1.71. The number of carbonyl (C=O) groups is 1. The minimum absolute atomic E-state index is 0.00972. The fourth-order valence-corrected chi connectivity index (χ4v) is 1.88. The average molecular weight is 235 g/mol. The molecule has 1 aromatic carbocycles. The molecule has 1 atom stereocenters. The third-order valence-electron chi connectivity index (χ3n) is 2.86. The van der Waals surface area contributed by atoms with Crippen LogP contribution in [0.1, 0.15) is 13.8 Å². The first kappa shape index (κ1) is 11.8. The molecule has 1 aliphatic rings. The summed E-state index contributed by atoms with van der Waals surface area (Å²) in [4.78, 5) is 13.8. The van der Waals surface area contributed by atoms with Crippen LogP contribution in [0.2, 0.25) is 0 Å². The number of carbonyl (C=O) groups excluding carboxylic acids is 1. The van der Waals surface area contributed by atoms with E-state index in [-0.39, 0.29) is 12.5 Å². The van der Waals surface area contributed by atoms with E-state index >= 15 is 0 Å². The molecular formula is C13H17NO3. The lowest BCUT2D eigenvalue weighted by Gasteiger charge is -2.29. The molecule has 1 aliphatic heterocycles. The maximum atomic E-state index is 12.1. The van der Waals surface area contributed by atoms with Crippen molar-refractivity contribution in [3.63, 3.8) is 0 Å². The summed E-state index contributed by atoms with van der Waals surface area (Å²) < 4.78 is 11.2. The highest BCUT2D eigenvalue weighted by Crippen LogP contribution is 2.31. The van der Waals surface area contributed by atoms with Crippen LogP contribution < -0.4 is 9.47 Å². The monoisotopic (exact) mass is 235 g/mol. The Labute approximate surface area is 101 Å². The molecule has 0 radical (unpaired) electrons. The quantitative estimate of drug-likeness (QED) is 0.800. The largest absolute Gasteiger partial charge is 0.485 e. The molecule has 92 valence electrons. The number of amides is 1. The molecule has 4 nitrogen and oxygen atoms in total. The lowest BCUT2D eigenvalue weighted by atomic mass is 10.2. The molecule has 17 heavy (non-hydrogen) atoms. The maximum Gasteiger partial charge on any atom is 0.267 e. The van der Waals surface area contributed by atoms with Crippen molar-refractivity contribution >= 4 is 5.91 Å². The molecule has 0 N–H and O–H groups in total. The highest BCUT2D eigenvalue weighted by molar-refractivity contribution is 5.81. The second kappa shape index (κ2) is 5.08. The second-order valence-electron chi connectivity index (χ2n) is 3.87. The predicted octanol–water partition coefficient (Wildman–Crippen LogP) is 1.69. The summed E-state index contributed by atoms with van der Waals surface area (Å²) in [6.07, 6.45) is -0.523. The summed E-state index contributed by atoms with van der Waals surface area (Å²) in [5.74, 6) is 1.34. The Morgan fingerprint density at radius 3 is 2.59 bits per heavy atom. The van der Waals surface area contributed by atoms with Gasteiger partial charge >= 0.3 is 0 Å². The van der Waals surface area contributed by atoms with Gasteiger partial charge in [0.25, 0.3) is 5.91 Å². The van der Waals surface area contributed by atoms with Gasteiger partial charge in [-0.3, -0.25) is 4.79 Å². The first-order valence-electron chi connectivity index (χ1n) is 5.93. The van der Waals surface area contributed by atoms with Gasteiger partial charge in [-0.1, -0.05) is 12.1 Å². The van der Waals surface area contributed by atoms with Crippen LogP contribution in [0.25, 0.3) is 0 Å². The van der Waals surface area contributed by atoms with Crippen molar-refractivity contribution in [2.24, 2.45) is 0 Å². The van der Waals surface area contributed by atoms with E-state index in [2.05, 4.69) is 0 Å². The number of nitrogens with zero attached hydrogens (tertiary/aromatic N) is 1. The van der Waals surface area contributed by atoms with Gasteiger partial charge < -0.3 is 14.4 Å². The van der Waals surface area contributed by atoms with Crippen LogP contribution in [0.3, 0.4) is 0 Å². The third-order valence-corrected chi connectivity index (χ3v) is 2.86. The minimum atomic E-state index is -0.523. The molecule has 4 heteroatoms. The van der Waals surface area contributed by atoms with Crippen molar-refractivity contribution in [1.82, 2.24) is 4.90 Å². The molecule has 0 saturated heterocycles. The number of benzene rings is 1. The van der Waals surface area contributed by atoms with Gasteiger partial charge in [-0.15, -0.1) is 0 Å². The fraction of sp³-hybridized carbons (Fsp3) is 0.462. The number of para-hydroxylation sites is 2. The summed E-state index contributed by atoms with van der Waals surface area (Å²) in [6, 6.07) is 7.41. The molecule has 1 aromatic rings.